The van der Waals surface area contributed by atoms with E-state index in [1.54, 1.807) is 11.3 Å². The molecule has 2 rings (SSSR count). The summed E-state index contributed by atoms with van der Waals surface area (Å²) >= 11 is 8.77. The fourth-order valence-corrected chi connectivity index (χ4v) is 3.33. The number of halogens is 2. The normalized spacial score (nSPS) is 10.6. The highest BCUT2D eigenvalue weighted by atomic mass is 79.9. The average Bonchev–Trinajstić information content (AvgIpc) is 2.65. The number of benzene rings is 1. The topological polar surface area (TPSA) is 12.0 Å². The van der Waals surface area contributed by atoms with Crippen molar-refractivity contribution in [3.05, 3.63) is 55.1 Å². The molecule has 1 aromatic heterocycles. The Labute approximate surface area is 116 Å². The first-order valence-electron chi connectivity index (χ1n) is 4.93. The third-order valence-corrected chi connectivity index (χ3v) is 4.61. The third-order valence-electron chi connectivity index (χ3n) is 2.19. The Morgan fingerprint density at radius 3 is 2.69 bits per heavy atom. The second kappa shape index (κ2) is 5.96. The van der Waals surface area contributed by atoms with Gasteiger partial charge in [0.2, 0.25) is 0 Å². The van der Waals surface area contributed by atoms with E-state index in [9.17, 15) is 0 Å². The highest BCUT2D eigenvalue weighted by Crippen LogP contribution is 2.22. The van der Waals surface area contributed by atoms with Crippen molar-refractivity contribution < 1.29 is 0 Å². The Morgan fingerprint density at radius 1 is 1.12 bits per heavy atom. The molecule has 0 unspecified atom stereocenters. The van der Waals surface area contributed by atoms with E-state index < -0.39 is 0 Å². The van der Waals surface area contributed by atoms with Gasteiger partial charge in [-0.1, -0.05) is 28.1 Å². The third kappa shape index (κ3) is 3.42. The van der Waals surface area contributed by atoms with E-state index in [0.29, 0.717) is 0 Å². The first-order chi connectivity index (χ1) is 7.75. The Bertz CT molecular complexity index is 468. The Kier molecular flexibility index (Phi) is 4.58. The number of nitrogens with one attached hydrogen (secondary N) is 1. The standard InChI is InChI=1S/C12H11Br2NS/c13-10-3-1-2-9(6-10)7-15-8-12-11(14)4-5-16-12/h1-6,15H,7-8H2. The molecule has 0 amide bonds. The monoisotopic (exact) mass is 359 g/mol. The predicted molar refractivity (Wildman–Crippen MR) is 76.7 cm³/mol. The van der Waals surface area contributed by atoms with E-state index in [2.05, 4.69) is 66.8 Å². The van der Waals surface area contributed by atoms with Crippen molar-refractivity contribution >= 4 is 43.2 Å². The molecule has 1 N–H and O–H groups in total. The molecule has 0 saturated heterocycles. The second-order valence-corrected chi connectivity index (χ2v) is 6.20. The summed E-state index contributed by atoms with van der Waals surface area (Å²) in [5.41, 5.74) is 1.29. The van der Waals surface area contributed by atoms with Gasteiger partial charge in [0.1, 0.15) is 0 Å². The average molecular weight is 361 g/mol. The molecule has 0 aliphatic carbocycles. The molecule has 0 aliphatic rings. The van der Waals surface area contributed by atoms with Crippen LogP contribution in [-0.2, 0) is 13.1 Å². The van der Waals surface area contributed by atoms with Crippen molar-refractivity contribution in [1.82, 2.24) is 5.32 Å². The number of rotatable bonds is 4. The molecule has 1 nitrogen and oxygen atoms in total. The van der Waals surface area contributed by atoms with Crippen LogP contribution >= 0.6 is 43.2 Å². The lowest BCUT2D eigenvalue weighted by Gasteiger charge is -2.04. The van der Waals surface area contributed by atoms with E-state index in [-0.39, 0.29) is 0 Å². The smallest absolute Gasteiger partial charge is 0.0327 e. The summed E-state index contributed by atoms with van der Waals surface area (Å²) in [7, 11) is 0. The maximum Gasteiger partial charge on any atom is 0.0327 e. The Balaban J connectivity index is 1.87. The highest BCUT2D eigenvalue weighted by molar-refractivity contribution is 9.10. The molecule has 0 aliphatic heterocycles. The first-order valence-corrected chi connectivity index (χ1v) is 7.39. The summed E-state index contributed by atoms with van der Waals surface area (Å²) in [6, 6.07) is 10.4. The number of thiophene rings is 1. The van der Waals surface area contributed by atoms with Gasteiger partial charge in [0.15, 0.2) is 0 Å². The van der Waals surface area contributed by atoms with E-state index in [1.807, 2.05) is 6.07 Å². The largest absolute Gasteiger partial charge is 0.308 e. The minimum Gasteiger partial charge on any atom is -0.308 e. The Morgan fingerprint density at radius 2 is 2.00 bits per heavy atom. The Hall–Kier alpha value is -0.160. The van der Waals surface area contributed by atoms with Crippen molar-refractivity contribution in [3.63, 3.8) is 0 Å². The second-order valence-electron chi connectivity index (χ2n) is 3.43. The molecule has 0 saturated carbocycles. The first kappa shape index (κ1) is 12.3. The van der Waals surface area contributed by atoms with Crippen molar-refractivity contribution in [2.24, 2.45) is 0 Å². The molecule has 0 spiro atoms. The van der Waals surface area contributed by atoms with Gasteiger partial charge in [-0.2, -0.15) is 0 Å². The summed E-state index contributed by atoms with van der Waals surface area (Å²) in [5.74, 6) is 0. The maximum absolute atomic E-state index is 3.53. The lowest BCUT2D eigenvalue weighted by molar-refractivity contribution is 0.699. The van der Waals surface area contributed by atoms with Crippen LogP contribution in [0.3, 0.4) is 0 Å². The summed E-state index contributed by atoms with van der Waals surface area (Å²) in [6.07, 6.45) is 0. The number of hydrogen-bond acceptors (Lipinski definition) is 2. The van der Waals surface area contributed by atoms with E-state index in [0.717, 1.165) is 17.6 Å². The van der Waals surface area contributed by atoms with Crippen LogP contribution in [-0.4, -0.2) is 0 Å². The summed E-state index contributed by atoms with van der Waals surface area (Å²) < 4.78 is 2.32. The molecule has 4 heteroatoms. The quantitative estimate of drug-likeness (QED) is 0.842. The van der Waals surface area contributed by atoms with Gasteiger partial charge in [0, 0.05) is 26.9 Å². The molecule has 2 aromatic rings. The van der Waals surface area contributed by atoms with Crippen molar-refractivity contribution in [1.29, 1.82) is 0 Å². The molecule has 1 aromatic carbocycles. The predicted octanol–water partition coefficient (Wildman–Crippen LogP) is 4.56. The molecular weight excluding hydrogens is 350 g/mol. The van der Waals surface area contributed by atoms with Crippen molar-refractivity contribution in [2.45, 2.75) is 13.1 Å². The van der Waals surface area contributed by atoms with Crippen LogP contribution in [0, 0.1) is 0 Å². The summed E-state index contributed by atoms with van der Waals surface area (Å²) in [6.45, 7) is 1.80. The summed E-state index contributed by atoms with van der Waals surface area (Å²) in [5, 5.41) is 5.53. The van der Waals surface area contributed by atoms with Gasteiger partial charge < -0.3 is 5.32 Å². The molecule has 0 fully saturated rings. The van der Waals surface area contributed by atoms with Gasteiger partial charge in [-0.3, -0.25) is 0 Å². The van der Waals surface area contributed by atoms with Gasteiger partial charge >= 0.3 is 0 Å². The maximum atomic E-state index is 3.53. The summed E-state index contributed by atoms with van der Waals surface area (Å²) in [4.78, 5) is 1.34. The van der Waals surface area contributed by atoms with E-state index in [1.165, 1.54) is 14.9 Å². The molecule has 16 heavy (non-hydrogen) atoms. The van der Waals surface area contributed by atoms with Gasteiger partial charge in [-0.05, 0) is 45.1 Å². The van der Waals surface area contributed by atoms with Crippen LogP contribution in [0.25, 0.3) is 0 Å². The molecular formula is C12H11Br2NS. The van der Waals surface area contributed by atoms with Crippen LogP contribution < -0.4 is 5.32 Å². The molecule has 1 heterocycles. The molecule has 0 atom stereocenters. The highest BCUT2D eigenvalue weighted by Gasteiger charge is 2.00. The van der Waals surface area contributed by atoms with Crippen molar-refractivity contribution in [3.8, 4) is 0 Å². The van der Waals surface area contributed by atoms with Crippen LogP contribution in [0.2, 0.25) is 0 Å². The van der Waals surface area contributed by atoms with Crippen LogP contribution in [0.15, 0.2) is 44.7 Å². The van der Waals surface area contributed by atoms with Gasteiger partial charge in [-0.15, -0.1) is 11.3 Å². The lowest BCUT2D eigenvalue weighted by atomic mass is 10.2. The van der Waals surface area contributed by atoms with Crippen LogP contribution in [0.5, 0.6) is 0 Å². The molecule has 0 bridgehead atoms. The van der Waals surface area contributed by atoms with E-state index in [4.69, 9.17) is 0 Å². The van der Waals surface area contributed by atoms with Crippen LogP contribution in [0.1, 0.15) is 10.4 Å². The zero-order chi connectivity index (χ0) is 11.4. The zero-order valence-electron chi connectivity index (χ0n) is 8.54. The van der Waals surface area contributed by atoms with Gasteiger partial charge in [0.05, 0.1) is 0 Å². The zero-order valence-corrected chi connectivity index (χ0v) is 12.5. The fourth-order valence-electron chi connectivity index (χ4n) is 1.42. The van der Waals surface area contributed by atoms with Gasteiger partial charge in [0.25, 0.3) is 0 Å². The fraction of sp³-hybridized carbons (Fsp3) is 0.167. The molecule has 84 valence electrons. The molecule has 0 radical (unpaired) electrons. The lowest BCUT2D eigenvalue weighted by Crippen LogP contribution is -2.11. The minimum absolute atomic E-state index is 0.893. The van der Waals surface area contributed by atoms with Crippen LogP contribution in [0.4, 0.5) is 0 Å². The minimum atomic E-state index is 0.893. The van der Waals surface area contributed by atoms with Crippen molar-refractivity contribution in [2.75, 3.05) is 0 Å². The number of hydrogen-bond donors (Lipinski definition) is 1. The van der Waals surface area contributed by atoms with Gasteiger partial charge in [-0.25, -0.2) is 0 Å². The van der Waals surface area contributed by atoms with E-state index >= 15 is 0 Å². The SMILES string of the molecule is Brc1cccc(CNCc2sccc2Br)c1.